The first-order valence-corrected chi connectivity index (χ1v) is 7.78. The number of nitrogens with zero attached hydrogens (tertiary/aromatic N) is 3. The van der Waals surface area contributed by atoms with Crippen LogP contribution < -0.4 is 0 Å². The molecule has 2 aromatic rings. The number of piperidine rings is 1. The Bertz CT molecular complexity index is 620. The van der Waals surface area contributed by atoms with E-state index in [9.17, 15) is 9.50 Å². The molecule has 1 saturated heterocycles. The average molecular weight is 303 g/mol. The van der Waals surface area contributed by atoms with Crippen LogP contribution in [0.25, 0.3) is 0 Å². The molecular weight excluding hydrogens is 281 g/mol. The Hall–Kier alpha value is -1.72. The number of aryl methyl sites for hydroxylation is 1. The van der Waals surface area contributed by atoms with E-state index in [1.807, 2.05) is 17.9 Å². The Kier molecular flexibility index (Phi) is 4.55. The van der Waals surface area contributed by atoms with Gasteiger partial charge in [0.05, 0.1) is 6.10 Å². The molecule has 2 heterocycles. The van der Waals surface area contributed by atoms with Crippen LogP contribution in [-0.4, -0.2) is 39.4 Å². The summed E-state index contributed by atoms with van der Waals surface area (Å²) in [4.78, 5) is 2.21. The summed E-state index contributed by atoms with van der Waals surface area (Å²) in [6.45, 7) is 2.32. The highest BCUT2D eigenvalue weighted by Crippen LogP contribution is 2.28. The fourth-order valence-electron chi connectivity index (χ4n) is 3.28. The van der Waals surface area contributed by atoms with Crippen molar-refractivity contribution in [3.05, 3.63) is 53.6 Å². The molecule has 1 atom stereocenters. The Labute approximate surface area is 130 Å². The van der Waals surface area contributed by atoms with Crippen molar-refractivity contribution in [3.8, 4) is 0 Å². The van der Waals surface area contributed by atoms with Gasteiger partial charge < -0.3 is 10.0 Å². The van der Waals surface area contributed by atoms with E-state index < -0.39 is 6.10 Å². The summed E-state index contributed by atoms with van der Waals surface area (Å²) in [6, 6.07) is 8.53. The first-order valence-electron chi connectivity index (χ1n) is 7.78. The zero-order valence-electron chi connectivity index (χ0n) is 12.8. The fourth-order valence-corrected chi connectivity index (χ4v) is 3.28. The van der Waals surface area contributed by atoms with E-state index in [1.165, 1.54) is 11.8 Å². The van der Waals surface area contributed by atoms with Gasteiger partial charge in [0.25, 0.3) is 0 Å². The maximum atomic E-state index is 13.7. The molecule has 0 radical (unpaired) electrons. The van der Waals surface area contributed by atoms with Crippen molar-refractivity contribution in [1.29, 1.82) is 0 Å². The molecular formula is C17H22FN3O. The highest BCUT2D eigenvalue weighted by Gasteiger charge is 2.24. The minimum absolute atomic E-state index is 0.334. The normalized spacial score (nSPS) is 18.5. The van der Waals surface area contributed by atoms with Crippen molar-refractivity contribution in [1.82, 2.24) is 14.7 Å². The lowest BCUT2D eigenvalue weighted by atomic mass is 9.93. The summed E-state index contributed by atoms with van der Waals surface area (Å²) in [6.07, 6.45) is 3.16. The van der Waals surface area contributed by atoms with E-state index in [4.69, 9.17) is 0 Å². The van der Waals surface area contributed by atoms with Gasteiger partial charge in [0.15, 0.2) is 0 Å². The van der Waals surface area contributed by atoms with Gasteiger partial charge in [-0.3, -0.25) is 4.68 Å². The van der Waals surface area contributed by atoms with Crippen molar-refractivity contribution in [2.24, 2.45) is 7.05 Å². The molecule has 0 aliphatic carbocycles. The lowest BCUT2D eigenvalue weighted by Gasteiger charge is -2.33. The van der Waals surface area contributed by atoms with Crippen LogP contribution in [0.1, 0.15) is 36.1 Å². The van der Waals surface area contributed by atoms with Crippen molar-refractivity contribution in [2.75, 3.05) is 19.6 Å². The smallest absolute Gasteiger partial charge is 0.129 e. The Balaban J connectivity index is 1.56. The standard InChI is InChI=1S/C17H22FN3O/c1-20-16(6-9-19-20)13-7-10-21(11-8-13)12-17(22)14-4-2-3-5-15(14)18/h2-6,9,13,17,22H,7-8,10-12H2,1H3. The molecule has 0 spiro atoms. The summed E-state index contributed by atoms with van der Waals surface area (Å²) >= 11 is 0. The van der Waals surface area contributed by atoms with Crippen LogP contribution in [0.3, 0.4) is 0 Å². The van der Waals surface area contributed by atoms with Crippen LogP contribution >= 0.6 is 0 Å². The van der Waals surface area contributed by atoms with Crippen LogP contribution in [0.15, 0.2) is 36.5 Å². The van der Waals surface area contributed by atoms with E-state index in [2.05, 4.69) is 16.1 Å². The van der Waals surface area contributed by atoms with Crippen LogP contribution in [0, 0.1) is 5.82 Å². The van der Waals surface area contributed by atoms with Crippen molar-refractivity contribution in [2.45, 2.75) is 24.9 Å². The second-order valence-corrected chi connectivity index (χ2v) is 5.99. The average Bonchev–Trinajstić information content (AvgIpc) is 2.94. The number of β-amino-alcohol motifs (C(OH)–C–C–N with tert-alkyl or cyclic N) is 1. The number of likely N-dealkylation sites (tertiary alicyclic amines) is 1. The fraction of sp³-hybridized carbons (Fsp3) is 0.471. The van der Waals surface area contributed by atoms with E-state index in [0.717, 1.165) is 25.9 Å². The van der Waals surface area contributed by atoms with E-state index in [1.54, 1.807) is 18.2 Å². The Morgan fingerprint density at radius 1 is 1.27 bits per heavy atom. The van der Waals surface area contributed by atoms with Crippen LogP contribution in [0.5, 0.6) is 0 Å². The minimum atomic E-state index is -0.769. The van der Waals surface area contributed by atoms with Gasteiger partial charge in [-0.25, -0.2) is 4.39 Å². The van der Waals surface area contributed by atoms with Gasteiger partial charge in [-0.05, 0) is 38.1 Å². The molecule has 3 rings (SSSR count). The molecule has 1 unspecified atom stereocenters. The molecule has 5 heteroatoms. The van der Waals surface area contributed by atoms with Crippen molar-refractivity contribution in [3.63, 3.8) is 0 Å². The number of aliphatic hydroxyl groups is 1. The number of benzene rings is 1. The molecule has 1 aromatic heterocycles. The van der Waals surface area contributed by atoms with Crippen LogP contribution in [0.2, 0.25) is 0 Å². The third-order valence-corrected chi connectivity index (χ3v) is 4.56. The molecule has 22 heavy (non-hydrogen) atoms. The Morgan fingerprint density at radius 2 is 2.00 bits per heavy atom. The maximum absolute atomic E-state index is 13.7. The number of halogens is 1. The molecule has 118 valence electrons. The summed E-state index contributed by atoms with van der Waals surface area (Å²) in [5.41, 5.74) is 1.66. The molecule has 0 saturated carbocycles. The third kappa shape index (κ3) is 3.20. The van der Waals surface area contributed by atoms with Gasteiger partial charge in [-0.15, -0.1) is 0 Å². The largest absolute Gasteiger partial charge is 0.387 e. The second kappa shape index (κ2) is 6.58. The van der Waals surface area contributed by atoms with Gasteiger partial charge >= 0.3 is 0 Å². The van der Waals surface area contributed by atoms with Crippen molar-refractivity contribution >= 4 is 0 Å². The molecule has 1 fully saturated rings. The van der Waals surface area contributed by atoms with Gasteiger partial charge in [0, 0.05) is 37.0 Å². The number of aromatic nitrogens is 2. The van der Waals surface area contributed by atoms with Gasteiger partial charge in [0.2, 0.25) is 0 Å². The van der Waals surface area contributed by atoms with Gasteiger partial charge in [-0.2, -0.15) is 5.10 Å². The summed E-state index contributed by atoms with van der Waals surface area (Å²) in [5.74, 6) is 0.189. The highest BCUT2D eigenvalue weighted by molar-refractivity contribution is 5.20. The molecule has 1 N–H and O–H groups in total. The lowest BCUT2D eigenvalue weighted by Crippen LogP contribution is -2.36. The minimum Gasteiger partial charge on any atom is -0.387 e. The van der Waals surface area contributed by atoms with Crippen LogP contribution in [-0.2, 0) is 7.05 Å². The van der Waals surface area contributed by atoms with Gasteiger partial charge in [0.1, 0.15) is 5.82 Å². The molecule has 4 nitrogen and oxygen atoms in total. The topological polar surface area (TPSA) is 41.3 Å². The van der Waals surface area contributed by atoms with E-state index >= 15 is 0 Å². The number of aliphatic hydroxyl groups excluding tert-OH is 1. The highest BCUT2D eigenvalue weighted by atomic mass is 19.1. The van der Waals surface area contributed by atoms with Crippen molar-refractivity contribution < 1.29 is 9.50 Å². The molecule has 0 amide bonds. The van der Waals surface area contributed by atoms with E-state index in [0.29, 0.717) is 18.0 Å². The Morgan fingerprint density at radius 3 is 2.64 bits per heavy atom. The molecule has 1 aromatic carbocycles. The lowest BCUT2D eigenvalue weighted by molar-refractivity contribution is 0.0941. The second-order valence-electron chi connectivity index (χ2n) is 5.99. The zero-order valence-corrected chi connectivity index (χ0v) is 12.8. The first-order chi connectivity index (χ1) is 10.6. The quantitative estimate of drug-likeness (QED) is 0.943. The predicted molar refractivity (Wildman–Crippen MR) is 83.0 cm³/mol. The van der Waals surface area contributed by atoms with E-state index in [-0.39, 0.29) is 5.82 Å². The number of hydrogen-bond donors (Lipinski definition) is 1. The number of hydrogen-bond acceptors (Lipinski definition) is 3. The summed E-state index contributed by atoms with van der Waals surface area (Å²) < 4.78 is 15.6. The summed E-state index contributed by atoms with van der Waals surface area (Å²) in [7, 11) is 1.98. The summed E-state index contributed by atoms with van der Waals surface area (Å²) in [5, 5.41) is 14.5. The van der Waals surface area contributed by atoms with Gasteiger partial charge in [-0.1, -0.05) is 18.2 Å². The molecule has 1 aliphatic heterocycles. The zero-order chi connectivity index (χ0) is 15.5. The number of rotatable bonds is 4. The predicted octanol–water partition coefficient (Wildman–Crippen LogP) is 2.47. The molecule has 1 aliphatic rings. The maximum Gasteiger partial charge on any atom is 0.129 e. The molecule has 0 bridgehead atoms. The first kappa shape index (κ1) is 15.2. The monoisotopic (exact) mass is 303 g/mol. The third-order valence-electron chi connectivity index (χ3n) is 4.56. The SMILES string of the molecule is Cn1nccc1C1CCN(CC(O)c2ccccc2F)CC1. The van der Waals surface area contributed by atoms with Crippen LogP contribution in [0.4, 0.5) is 4.39 Å².